The molecule has 15 heavy (non-hydrogen) atoms. The van der Waals surface area contributed by atoms with Crippen LogP contribution in [-0.4, -0.2) is 0 Å². The molecule has 3 heteroatoms. The molecular weight excluding hydrogens is 204 g/mol. The molecule has 0 radical (unpaired) electrons. The van der Waals surface area contributed by atoms with Crippen molar-refractivity contribution in [1.82, 2.24) is 0 Å². The number of hydrogen-bond donors (Lipinski definition) is 1. The highest BCUT2D eigenvalue weighted by atomic mass is 32.1. The van der Waals surface area contributed by atoms with Gasteiger partial charge < -0.3 is 5.73 Å². The standard InChI is InChI=1S/C12H10N2S/c13-7-9-2-1-3-10(6-9)12-5-4-11(8-14)15-12/h1-6H,7,13H2. The number of nitrogens with zero attached hydrogens (tertiary/aromatic N) is 1. The van der Waals surface area contributed by atoms with Gasteiger partial charge in [-0.15, -0.1) is 11.3 Å². The Morgan fingerprint density at radius 2 is 2.13 bits per heavy atom. The summed E-state index contributed by atoms with van der Waals surface area (Å²) in [4.78, 5) is 1.85. The van der Waals surface area contributed by atoms with Crippen molar-refractivity contribution in [1.29, 1.82) is 5.26 Å². The minimum atomic E-state index is 0.546. The Kier molecular flexibility index (Phi) is 2.82. The lowest BCUT2D eigenvalue weighted by Gasteiger charge is -2.00. The minimum absolute atomic E-state index is 0.546. The van der Waals surface area contributed by atoms with Crippen molar-refractivity contribution in [2.24, 2.45) is 5.73 Å². The fourth-order valence-corrected chi connectivity index (χ4v) is 2.20. The Morgan fingerprint density at radius 1 is 1.27 bits per heavy atom. The highest BCUT2D eigenvalue weighted by Crippen LogP contribution is 2.28. The SMILES string of the molecule is N#Cc1ccc(-c2cccc(CN)c2)s1. The summed E-state index contributed by atoms with van der Waals surface area (Å²) in [6, 6.07) is 14.0. The van der Waals surface area contributed by atoms with Gasteiger partial charge in [0.2, 0.25) is 0 Å². The second kappa shape index (κ2) is 4.26. The van der Waals surface area contributed by atoms with E-state index in [4.69, 9.17) is 11.0 Å². The van der Waals surface area contributed by atoms with Crippen LogP contribution in [0.25, 0.3) is 10.4 Å². The second-order valence-electron chi connectivity index (χ2n) is 3.18. The number of nitrogens with two attached hydrogens (primary N) is 1. The first-order chi connectivity index (χ1) is 7.33. The third kappa shape index (κ3) is 2.07. The molecule has 2 N–H and O–H groups in total. The molecule has 0 saturated heterocycles. The molecule has 0 amide bonds. The van der Waals surface area contributed by atoms with Gasteiger partial charge in [-0.3, -0.25) is 0 Å². The third-order valence-electron chi connectivity index (χ3n) is 2.16. The highest BCUT2D eigenvalue weighted by Gasteiger charge is 2.02. The van der Waals surface area contributed by atoms with E-state index in [0.29, 0.717) is 6.54 Å². The van der Waals surface area contributed by atoms with Crippen LogP contribution in [0.2, 0.25) is 0 Å². The Hall–Kier alpha value is -1.63. The fraction of sp³-hybridized carbons (Fsp3) is 0.0833. The molecule has 0 spiro atoms. The van der Waals surface area contributed by atoms with Crippen molar-refractivity contribution >= 4 is 11.3 Å². The maximum atomic E-state index is 8.74. The molecule has 2 rings (SSSR count). The molecule has 0 aliphatic heterocycles. The quantitative estimate of drug-likeness (QED) is 0.835. The first-order valence-electron chi connectivity index (χ1n) is 4.63. The van der Waals surface area contributed by atoms with Gasteiger partial charge in [-0.25, -0.2) is 0 Å². The third-order valence-corrected chi connectivity index (χ3v) is 3.20. The fourth-order valence-electron chi connectivity index (χ4n) is 1.40. The molecule has 0 saturated carbocycles. The van der Waals surface area contributed by atoms with Gasteiger partial charge in [0.25, 0.3) is 0 Å². The van der Waals surface area contributed by atoms with Crippen LogP contribution in [0.4, 0.5) is 0 Å². The largest absolute Gasteiger partial charge is 0.326 e. The lowest BCUT2D eigenvalue weighted by Crippen LogP contribution is -1.95. The molecule has 0 aliphatic carbocycles. The Morgan fingerprint density at radius 3 is 2.80 bits per heavy atom. The van der Waals surface area contributed by atoms with E-state index in [1.54, 1.807) is 0 Å². The van der Waals surface area contributed by atoms with E-state index in [0.717, 1.165) is 20.9 Å². The summed E-state index contributed by atoms with van der Waals surface area (Å²) in [5, 5.41) is 8.74. The van der Waals surface area contributed by atoms with Gasteiger partial charge >= 0.3 is 0 Å². The number of rotatable bonds is 2. The first kappa shape index (κ1) is 9.91. The summed E-state index contributed by atoms with van der Waals surface area (Å²) in [7, 11) is 0. The zero-order valence-corrected chi connectivity index (χ0v) is 8.92. The van der Waals surface area contributed by atoms with Crippen molar-refractivity contribution < 1.29 is 0 Å². The molecule has 0 bridgehead atoms. The number of hydrogen-bond acceptors (Lipinski definition) is 3. The molecule has 74 valence electrons. The normalized spacial score (nSPS) is 9.87. The van der Waals surface area contributed by atoms with Crippen LogP contribution < -0.4 is 5.73 Å². The van der Waals surface area contributed by atoms with Crippen LogP contribution in [0, 0.1) is 11.3 Å². The van der Waals surface area contributed by atoms with Crippen LogP contribution in [0.3, 0.4) is 0 Å². The van der Waals surface area contributed by atoms with E-state index in [1.165, 1.54) is 11.3 Å². The lowest BCUT2D eigenvalue weighted by atomic mass is 10.1. The van der Waals surface area contributed by atoms with Crippen LogP contribution in [-0.2, 0) is 6.54 Å². The van der Waals surface area contributed by atoms with E-state index in [2.05, 4.69) is 12.1 Å². The summed E-state index contributed by atoms with van der Waals surface area (Å²) in [6.07, 6.45) is 0. The maximum absolute atomic E-state index is 8.74. The van der Waals surface area contributed by atoms with Gasteiger partial charge in [0, 0.05) is 11.4 Å². The van der Waals surface area contributed by atoms with E-state index in [1.807, 2.05) is 30.3 Å². The Balaban J connectivity index is 2.41. The highest BCUT2D eigenvalue weighted by molar-refractivity contribution is 7.16. The maximum Gasteiger partial charge on any atom is 0.110 e. The van der Waals surface area contributed by atoms with Gasteiger partial charge in [0.05, 0.1) is 0 Å². The molecule has 0 unspecified atom stereocenters. The summed E-state index contributed by atoms with van der Waals surface area (Å²) in [5.41, 5.74) is 7.82. The van der Waals surface area contributed by atoms with Gasteiger partial charge in [0.1, 0.15) is 10.9 Å². The van der Waals surface area contributed by atoms with Crippen molar-refractivity contribution in [2.45, 2.75) is 6.54 Å². The predicted molar refractivity (Wildman–Crippen MR) is 62.4 cm³/mol. The Bertz CT molecular complexity index is 508. The second-order valence-corrected chi connectivity index (χ2v) is 4.26. The topological polar surface area (TPSA) is 49.8 Å². The van der Waals surface area contributed by atoms with Crippen molar-refractivity contribution in [3.63, 3.8) is 0 Å². The molecule has 1 aromatic carbocycles. The smallest absolute Gasteiger partial charge is 0.110 e. The minimum Gasteiger partial charge on any atom is -0.326 e. The summed E-state index contributed by atoms with van der Waals surface area (Å²) in [6.45, 7) is 0.546. The van der Waals surface area contributed by atoms with Crippen LogP contribution in [0.1, 0.15) is 10.4 Å². The summed E-state index contributed by atoms with van der Waals surface area (Å²) in [5.74, 6) is 0. The molecule has 0 aliphatic rings. The molecule has 1 aromatic heterocycles. The lowest BCUT2D eigenvalue weighted by molar-refractivity contribution is 1.07. The van der Waals surface area contributed by atoms with Crippen LogP contribution in [0.15, 0.2) is 36.4 Å². The molecular formula is C12H10N2S. The monoisotopic (exact) mass is 214 g/mol. The van der Waals surface area contributed by atoms with Crippen molar-refractivity contribution in [2.75, 3.05) is 0 Å². The molecule has 2 aromatic rings. The van der Waals surface area contributed by atoms with Gasteiger partial charge in [-0.1, -0.05) is 18.2 Å². The van der Waals surface area contributed by atoms with E-state index >= 15 is 0 Å². The average Bonchev–Trinajstić information content (AvgIpc) is 2.78. The molecule has 1 heterocycles. The number of benzene rings is 1. The molecule has 0 fully saturated rings. The number of nitriles is 1. The van der Waals surface area contributed by atoms with Crippen LogP contribution >= 0.6 is 11.3 Å². The Labute approximate surface area is 92.6 Å². The van der Waals surface area contributed by atoms with E-state index in [9.17, 15) is 0 Å². The van der Waals surface area contributed by atoms with Crippen molar-refractivity contribution in [3.8, 4) is 16.5 Å². The zero-order chi connectivity index (χ0) is 10.7. The van der Waals surface area contributed by atoms with Crippen LogP contribution in [0.5, 0.6) is 0 Å². The van der Waals surface area contributed by atoms with Gasteiger partial charge in [-0.05, 0) is 29.3 Å². The number of thiophene rings is 1. The van der Waals surface area contributed by atoms with Crippen molar-refractivity contribution in [3.05, 3.63) is 46.8 Å². The summed E-state index contributed by atoms with van der Waals surface area (Å²) >= 11 is 1.50. The van der Waals surface area contributed by atoms with Gasteiger partial charge in [-0.2, -0.15) is 5.26 Å². The zero-order valence-electron chi connectivity index (χ0n) is 8.10. The van der Waals surface area contributed by atoms with E-state index in [-0.39, 0.29) is 0 Å². The first-order valence-corrected chi connectivity index (χ1v) is 5.44. The van der Waals surface area contributed by atoms with Gasteiger partial charge in [0.15, 0.2) is 0 Å². The molecule has 2 nitrogen and oxygen atoms in total. The molecule has 0 atom stereocenters. The average molecular weight is 214 g/mol. The van der Waals surface area contributed by atoms with E-state index < -0.39 is 0 Å². The predicted octanol–water partition coefficient (Wildman–Crippen LogP) is 2.75. The summed E-state index contributed by atoms with van der Waals surface area (Å²) < 4.78 is 0.